The van der Waals surface area contributed by atoms with Crippen molar-refractivity contribution in [3.05, 3.63) is 11.8 Å². The zero-order valence-corrected chi connectivity index (χ0v) is 10.6. The van der Waals surface area contributed by atoms with E-state index in [1.54, 1.807) is 5.70 Å². The van der Waals surface area contributed by atoms with Gasteiger partial charge in [0, 0.05) is 18.8 Å². The van der Waals surface area contributed by atoms with Crippen LogP contribution in [0.15, 0.2) is 11.8 Å². The second-order valence-electron chi connectivity index (χ2n) is 4.64. The van der Waals surface area contributed by atoms with E-state index in [0.29, 0.717) is 0 Å². The second kappa shape index (κ2) is 7.78. The van der Waals surface area contributed by atoms with E-state index in [1.807, 2.05) is 0 Å². The first-order valence-electron chi connectivity index (χ1n) is 6.82. The number of rotatable bonds is 7. The average Bonchev–Trinajstić information content (AvgIpc) is 2.66. The molecule has 0 amide bonds. The average molecular weight is 209 g/mol. The van der Waals surface area contributed by atoms with Gasteiger partial charge in [0.2, 0.25) is 0 Å². The number of likely N-dealkylation sites (tertiary alicyclic amines) is 1. The van der Waals surface area contributed by atoms with Gasteiger partial charge in [-0.3, -0.25) is 0 Å². The van der Waals surface area contributed by atoms with Crippen molar-refractivity contribution >= 4 is 0 Å². The Balaban J connectivity index is 2.19. The van der Waals surface area contributed by atoms with Gasteiger partial charge in [-0.2, -0.15) is 0 Å². The molecule has 0 aromatic heterocycles. The van der Waals surface area contributed by atoms with Crippen molar-refractivity contribution in [1.29, 1.82) is 0 Å². The highest BCUT2D eigenvalue weighted by molar-refractivity contribution is 5.05. The fourth-order valence-electron chi connectivity index (χ4n) is 2.35. The molecule has 0 spiro atoms. The topological polar surface area (TPSA) is 3.24 Å². The summed E-state index contributed by atoms with van der Waals surface area (Å²) in [7, 11) is 0. The molecule has 0 saturated carbocycles. The van der Waals surface area contributed by atoms with Gasteiger partial charge in [-0.15, -0.1) is 0 Å². The summed E-state index contributed by atoms with van der Waals surface area (Å²) in [4.78, 5) is 2.58. The van der Waals surface area contributed by atoms with E-state index in [4.69, 9.17) is 0 Å². The maximum Gasteiger partial charge on any atom is 0.0178 e. The number of hydrogen-bond donors (Lipinski definition) is 0. The molecule has 0 atom stereocenters. The van der Waals surface area contributed by atoms with E-state index >= 15 is 0 Å². The highest BCUT2D eigenvalue weighted by Crippen LogP contribution is 2.22. The van der Waals surface area contributed by atoms with Crippen molar-refractivity contribution in [2.75, 3.05) is 13.1 Å². The van der Waals surface area contributed by atoms with Gasteiger partial charge in [0.25, 0.3) is 0 Å². The molecule has 1 rings (SSSR count). The third kappa shape index (κ3) is 4.72. The Hall–Kier alpha value is -0.460. The molecule has 0 aliphatic carbocycles. The summed E-state index contributed by atoms with van der Waals surface area (Å²) >= 11 is 0. The Morgan fingerprint density at radius 1 is 1.13 bits per heavy atom. The van der Waals surface area contributed by atoms with Crippen LogP contribution in [0.3, 0.4) is 0 Å². The summed E-state index contributed by atoms with van der Waals surface area (Å²) in [5.41, 5.74) is 1.63. The van der Waals surface area contributed by atoms with Gasteiger partial charge in [0.15, 0.2) is 0 Å². The Morgan fingerprint density at radius 3 is 2.73 bits per heavy atom. The Labute approximate surface area is 95.5 Å². The molecule has 0 N–H and O–H groups in total. The molecular formula is C14H27N. The molecule has 1 heteroatoms. The standard InChI is InChI=1S/C14H27N/c1-3-5-6-7-8-10-14-11-9-13-15(14)12-4-2/h10H,3-9,11-13H2,1-2H3. The monoisotopic (exact) mass is 209 g/mol. The van der Waals surface area contributed by atoms with Gasteiger partial charge < -0.3 is 4.90 Å². The molecule has 1 nitrogen and oxygen atoms in total. The Morgan fingerprint density at radius 2 is 2.00 bits per heavy atom. The van der Waals surface area contributed by atoms with E-state index in [1.165, 1.54) is 64.5 Å². The highest BCUT2D eigenvalue weighted by atomic mass is 15.1. The third-order valence-electron chi connectivity index (χ3n) is 3.20. The van der Waals surface area contributed by atoms with E-state index in [9.17, 15) is 0 Å². The number of allylic oxidation sites excluding steroid dienone is 2. The van der Waals surface area contributed by atoms with Crippen LogP contribution in [0, 0.1) is 0 Å². The zero-order valence-electron chi connectivity index (χ0n) is 10.6. The van der Waals surface area contributed by atoms with Crippen LogP contribution < -0.4 is 0 Å². The summed E-state index contributed by atoms with van der Waals surface area (Å²) in [5, 5.41) is 0. The van der Waals surface area contributed by atoms with Crippen molar-refractivity contribution in [2.24, 2.45) is 0 Å². The summed E-state index contributed by atoms with van der Waals surface area (Å²) in [6, 6.07) is 0. The first-order valence-corrected chi connectivity index (χ1v) is 6.82. The van der Waals surface area contributed by atoms with Crippen LogP contribution in [0.1, 0.15) is 65.2 Å². The predicted octanol–water partition coefficient (Wildman–Crippen LogP) is 4.35. The van der Waals surface area contributed by atoms with Gasteiger partial charge >= 0.3 is 0 Å². The molecule has 1 aliphatic heterocycles. The van der Waals surface area contributed by atoms with Crippen LogP contribution in [-0.2, 0) is 0 Å². The lowest BCUT2D eigenvalue weighted by Gasteiger charge is -2.18. The van der Waals surface area contributed by atoms with E-state index < -0.39 is 0 Å². The van der Waals surface area contributed by atoms with Crippen LogP contribution in [0.5, 0.6) is 0 Å². The van der Waals surface area contributed by atoms with Crippen LogP contribution in [-0.4, -0.2) is 18.0 Å². The van der Waals surface area contributed by atoms with Crippen molar-refractivity contribution in [3.63, 3.8) is 0 Å². The predicted molar refractivity (Wildman–Crippen MR) is 67.9 cm³/mol. The van der Waals surface area contributed by atoms with Gasteiger partial charge in [0.1, 0.15) is 0 Å². The maximum atomic E-state index is 2.58. The number of unbranched alkanes of at least 4 members (excludes halogenated alkanes) is 4. The first kappa shape index (κ1) is 12.6. The second-order valence-corrected chi connectivity index (χ2v) is 4.64. The molecule has 1 aliphatic rings. The molecule has 15 heavy (non-hydrogen) atoms. The van der Waals surface area contributed by atoms with Crippen molar-refractivity contribution in [2.45, 2.75) is 65.2 Å². The molecule has 1 saturated heterocycles. The molecule has 1 heterocycles. The normalized spacial score (nSPS) is 19.1. The van der Waals surface area contributed by atoms with Crippen molar-refractivity contribution < 1.29 is 0 Å². The quantitative estimate of drug-likeness (QED) is 0.564. The maximum absolute atomic E-state index is 2.58. The van der Waals surface area contributed by atoms with Gasteiger partial charge in [0.05, 0.1) is 0 Å². The molecule has 0 radical (unpaired) electrons. The molecule has 1 fully saturated rings. The Bertz CT molecular complexity index is 184. The number of nitrogens with zero attached hydrogens (tertiary/aromatic N) is 1. The summed E-state index contributed by atoms with van der Waals surface area (Å²) in [5.74, 6) is 0. The largest absolute Gasteiger partial charge is 0.375 e. The third-order valence-corrected chi connectivity index (χ3v) is 3.20. The van der Waals surface area contributed by atoms with Gasteiger partial charge in [-0.1, -0.05) is 39.2 Å². The van der Waals surface area contributed by atoms with Gasteiger partial charge in [-0.05, 0) is 32.1 Å². The van der Waals surface area contributed by atoms with Crippen molar-refractivity contribution in [3.8, 4) is 0 Å². The SMILES string of the molecule is CCCCCCC=C1CCCN1CCC. The van der Waals surface area contributed by atoms with E-state index in [2.05, 4.69) is 24.8 Å². The lowest BCUT2D eigenvalue weighted by Crippen LogP contribution is -2.18. The molecule has 88 valence electrons. The summed E-state index contributed by atoms with van der Waals surface area (Å²) in [6.07, 6.45) is 13.3. The molecular weight excluding hydrogens is 182 g/mol. The summed E-state index contributed by atoms with van der Waals surface area (Å²) in [6.45, 7) is 7.12. The van der Waals surface area contributed by atoms with Crippen LogP contribution in [0.2, 0.25) is 0 Å². The fraction of sp³-hybridized carbons (Fsp3) is 0.857. The summed E-state index contributed by atoms with van der Waals surface area (Å²) < 4.78 is 0. The minimum Gasteiger partial charge on any atom is -0.375 e. The lowest BCUT2D eigenvalue weighted by atomic mass is 10.1. The van der Waals surface area contributed by atoms with E-state index in [-0.39, 0.29) is 0 Å². The van der Waals surface area contributed by atoms with E-state index in [0.717, 1.165) is 0 Å². The fourth-order valence-corrected chi connectivity index (χ4v) is 2.35. The zero-order chi connectivity index (χ0) is 10.9. The Kier molecular flexibility index (Phi) is 6.54. The van der Waals surface area contributed by atoms with Gasteiger partial charge in [-0.25, -0.2) is 0 Å². The smallest absolute Gasteiger partial charge is 0.0178 e. The van der Waals surface area contributed by atoms with Crippen LogP contribution in [0.4, 0.5) is 0 Å². The molecule has 0 aromatic carbocycles. The number of hydrogen-bond acceptors (Lipinski definition) is 1. The minimum atomic E-state index is 1.26. The first-order chi connectivity index (χ1) is 7.38. The lowest BCUT2D eigenvalue weighted by molar-refractivity contribution is 0.391. The molecule has 0 bridgehead atoms. The van der Waals surface area contributed by atoms with Crippen molar-refractivity contribution in [1.82, 2.24) is 4.90 Å². The molecule has 0 aromatic rings. The highest BCUT2D eigenvalue weighted by Gasteiger charge is 2.14. The van der Waals surface area contributed by atoms with Crippen LogP contribution >= 0.6 is 0 Å². The minimum absolute atomic E-state index is 1.26. The van der Waals surface area contributed by atoms with Crippen LogP contribution in [0.25, 0.3) is 0 Å². The molecule has 0 unspecified atom stereocenters.